The van der Waals surface area contributed by atoms with Crippen LogP contribution in [0.1, 0.15) is 19.4 Å². The van der Waals surface area contributed by atoms with Crippen LogP contribution >= 0.6 is 0 Å². The normalized spacial score (nSPS) is 15.3. The first kappa shape index (κ1) is 26.4. The van der Waals surface area contributed by atoms with E-state index < -0.39 is 27.6 Å². The number of benzene rings is 2. The summed E-state index contributed by atoms with van der Waals surface area (Å²) in [6.45, 7) is 7.17. The maximum absolute atomic E-state index is 13.5. The summed E-state index contributed by atoms with van der Waals surface area (Å²) in [6.07, 6.45) is -3.09. The first-order valence-electron chi connectivity index (χ1n) is 11.0. The van der Waals surface area contributed by atoms with Crippen molar-refractivity contribution in [2.75, 3.05) is 42.8 Å². The molecule has 1 N–H and O–H groups in total. The summed E-state index contributed by atoms with van der Waals surface area (Å²) in [5.41, 5.74) is -0.377. The number of anilines is 2. The molecule has 4 rings (SSSR count). The third-order valence-electron chi connectivity index (χ3n) is 5.43. The molecule has 0 bridgehead atoms. The van der Waals surface area contributed by atoms with Crippen LogP contribution in [0.15, 0.2) is 53.6 Å². The second-order valence-electron chi connectivity index (χ2n) is 7.70. The number of rotatable bonds is 5. The molecule has 3 aromatic rings. The zero-order valence-electron chi connectivity index (χ0n) is 19.5. The summed E-state index contributed by atoms with van der Waals surface area (Å²) in [7, 11) is -0.0244. The fourth-order valence-electron chi connectivity index (χ4n) is 3.57. The number of alkyl halides is 3. The number of likely N-dealkylation sites (N-methyl/N-ethyl adjacent to an activating group) is 1. The topological polar surface area (TPSA) is 91.6 Å². The number of non-ortho nitro benzene ring substituents is 1. The molecule has 1 aliphatic rings. The Kier molecular flexibility index (Phi) is 8.28. The van der Waals surface area contributed by atoms with Crippen molar-refractivity contribution in [3.8, 4) is 0 Å². The lowest BCUT2D eigenvalue weighted by Gasteiger charge is -2.34. The van der Waals surface area contributed by atoms with E-state index in [-0.39, 0.29) is 21.8 Å². The molecule has 0 amide bonds. The van der Waals surface area contributed by atoms with E-state index in [1.165, 1.54) is 24.4 Å². The summed E-state index contributed by atoms with van der Waals surface area (Å²) in [5, 5.41) is 11.4. The molecule has 1 fully saturated rings. The van der Waals surface area contributed by atoms with Crippen LogP contribution in [0, 0.1) is 10.1 Å². The van der Waals surface area contributed by atoms with E-state index in [2.05, 4.69) is 19.5 Å². The molecule has 188 valence electrons. The van der Waals surface area contributed by atoms with Crippen molar-refractivity contribution in [2.24, 2.45) is 0 Å². The average molecular weight is 510 g/mol. The van der Waals surface area contributed by atoms with Gasteiger partial charge in [0.2, 0.25) is 0 Å². The molecule has 8 nitrogen and oxygen atoms in total. The Morgan fingerprint density at radius 2 is 1.77 bits per heavy atom. The van der Waals surface area contributed by atoms with Crippen LogP contribution in [0.3, 0.4) is 0 Å². The molecule has 1 saturated heterocycles. The highest BCUT2D eigenvalue weighted by Gasteiger charge is 2.32. The number of nitro groups is 1. The zero-order valence-corrected chi connectivity index (χ0v) is 20.3. The van der Waals surface area contributed by atoms with Gasteiger partial charge >= 0.3 is 6.18 Å². The molecule has 2 heterocycles. The van der Waals surface area contributed by atoms with E-state index in [0.29, 0.717) is 5.39 Å². The van der Waals surface area contributed by atoms with Gasteiger partial charge in [0.05, 0.1) is 38.5 Å². The van der Waals surface area contributed by atoms with Crippen LogP contribution in [-0.4, -0.2) is 52.2 Å². The number of halogens is 3. The molecular formula is C23H26F3N5O3S. The van der Waals surface area contributed by atoms with Crippen molar-refractivity contribution >= 4 is 39.0 Å². The molecule has 1 unspecified atom stereocenters. The molecule has 0 aliphatic carbocycles. The predicted molar refractivity (Wildman–Crippen MR) is 131 cm³/mol. The van der Waals surface area contributed by atoms with Crippen LogP contribution in [0.5, 0.6) is 0 Å². The highest BCUT2D eigenvalue weighted by atomic mass is 32.2. The van der Waals surface area contributed by atoms with Crippen LogP contribution in [0.25, 0.3) is 10.9 Å². The van der Waals surface area contributed by atoms with Gasteiger partial charge in [-0.15, -0.1) is 0 Å². The summed E-state index contributed by atoms with van der Waals surface area (Å²) in [5.74, 6) is 0. The Balaban J connectivity index is 0.00000167. The van der Waals surface area contributed by atoms with Gasteiger partial charge in [-0.2, -0.15) is 13.2 Å². The van der Waals surface area contributed by atoms with E-state index in [4.69, 9.17) is 0 Å². The number of fused-ring (bicyclic) bond motifs is 1. The quantitative estimate of drug-likeness (QED) is 0.381. The van der Waals surface area contributed by atoms with Crippen LogP contribution in [-0.2, 0) is 17.2 Å². The number of aromatic nitrogens is 1. The Morgan fingerprint density at radius 1 is 1.09 bits per heavy atom. The Labute approximate surface area is 203 Å². The third kappa shape index (κ3) is 6.25. The maximum Gasteiger partial charge on any atom is 0.416 e. The molecule has 2 aromatic carbocycles. The Morgan fingerprint density at radius 3 is 2.40 bits per heavy atom. The SMILES string of the molecule is CC.CN1CCN(c2cnc3cc(C(F)(F)F)cc(NS(=O)c4cccc([N+](=O)[O-])c4)c3c2)CC1. The smallest absolute Gasteiger partial charge is 0.368 e. The summed E-state index contributed by atoms with van der Waals surface area (Å²) in [6, 6.07) is 8.68. The van der Waals surface area contributed by atoms with E-state index in [1.807, 2.05) is 20.9 Å². The summed E-state index contributed by atoms with van der Waals surface area (Å²) in [4.78, 5) is 19.0. The van der Waals surface area contributed by atoms with Gasteiger partial charge in [-0.25, -0.2) is 4.21 Å². The molecule has 1 aliphatic heterocycles. The van der Waals surface area contributed by atoms with Gasteiger partial charge in [-0.05, 0) is 31.3 Å². The lowest BCUT2D eigenvalue weighted by Crippen LogP contribution is -2.44. The predicted octanol–water partition coefficient (Wildman–Crippen LogP) is 5.07. The van der Waals surface area contributed by atoms with Crippen LogP contribution < -0.4 is 9.62 Å². The molecule has 1 atom stereocenters. The van der Waals surface area contributed by atoms with Crippen molar-refractivity contribution in [1.29, 1.82) is 0 Å². The van der Waals surface area contributed by atoms with Gasteiger partial charge in [0.15, 0.2) is 11.0 Å². The number of nitrogens with one attached hydrogen (secondary N) is 1. The van der Waals surface area contributed by atoms with Crippen molar-refractivity contribution in [3.63, 3.8) is 0 Å². The lowest BCUT2D eigenvalue weighted by atomic mass is 10.1. The minimum atomic E-state index is -4.63. The van der Waals surface area contributed by atoms with Gasteiger partial charge < -0.3 is 14.5 Å². The average Bonchev–Trinajstić information content (AvgIpc) is 2.85. The van der Waals surface area contributed by atoms with Gasteiger partial charge in [0.1, 0.15) is 0 Å². The standard InChI is InChI=1S/C21H20F3N5O3S.C2H6/c1-27-5-7-28(8-6-27)16-12-18-19(25-13-16)9-14(21(22,23)24)10-20(18)26-33(32)17-4-2-3-15(11-17)29(30)31;1-2/h2-4,9-13,26H,5-8H2,1H3;1-2H3. The molecule has 0 saturated carbocycles. The van der Waals surface area contributed by atoms with Crippen molar-refractivity contribution < 1.29 is 22.3 Å². The van der Waals surface area contributed by atoms with E-state index in [1.54, 1.807) is 6.07 Å². The number of nitrogens with zero attached hydrogens (tertiary/aromatic N) is 4. The van der Waals surface area contributed by atoms with Gasteiger partial charge in [0.25, 0.3) is 5.69 Å². The van der Waals surface area contributed by atoms with E-state index in [0.717, 1.165) is 50.1 Å². The number of piperazine rings is 1. The second kappa shape index (κ2) is 11.0. The largest absolute Gasteiger partial charge is 0.416 e. The fourth-order valence-corrected chi connectivity index (χ4v) is 4.49. The molecule has 0 radical (unpaired) electrons. The second-order valence-corrected chi connectivity index (χ2v) is 8.91. The fraction of sp³-hybridized carbons (Fsp3) is 0.348. The number of nitro benzene ring substituents is 1. The first-order valence-corrected chi connectivity index (χ1v) is 12.1. The first-order chi connectivity index (χ1) is 16.6. The van der Waals surface area contributed by atoms with Gasteiger partial charge in [-0.3, -0.25) is 15.1 Å². The van der Waals surface area contributed by atoms with Gasteiger partial charge in [0, 0.05) is 43.7 Å². The summed E-state index contributed by atoms with van der Waals surface area (Å²) >= 11 is 0. The van der Waals surface area contributed by atoms with E-state index in [9.17, 15) is 27.5 Å². The third-order valence-corrected chi connectivity index (χ3v) is 6.51. The van der Waals surface area contributed by atoms with Crippen LogP contribution in [0.4, 0.5) is 30.2 Å². The number of pyridine rings is 1. The van der Waals surface area contributed by atoms with Crippen LogP contribution in [0.2, 0.25) is 0 Å². The molecule has 35 heavy (non-hydrogen) atoms. The minimum absolute atomic E-state index is 0.0202. The maximum atomic E-state index is 13.5. The van der Waals surface area contributed by atoms with Crippen molar-refractivity contribution in [3.05, 3.63) is 64.3 Å². The highest BCUT2D eigenvalue weighted by molar-refractivity contribution is 7.86. The molecule has 1 aromatic heterocycles. The molecular weight excluding hydrogens is 483 g/mol. The monoisotopic (exact) mass is 509 g/mol. The van der Waals surface area contributed by atoms with Crippen molar-refractivity contribution in [1.82, 2.24) is 9.88 Å². The van der Waals surface area contributed by atoms with Crippen molar-refractivity contribution in [2.45, 2.75) is 24.9 Å². The Hall–Kier alpha value is -3.25. The number of hydrogen-bond acceptors (Lipinski definition) is 6. The summed E-state index contributed by atoms with van der Waals surface area (Å²) < 4.78 is 55.9. The highest BCUT2D eigenvalue weighted by Crippen LogP contribution is 2.36. The Bertz CT molecular complexity index is 1230. The lowest BCUT2D eigenvalue weighted by molar-refractivity contribution is -0.385. The zero-order chi connectivity index (χ0) is 25.8. The molecule has 0 spiro atoms. The number of hydrogen-bond donors (Lipinski definition) is 1. The van der Waals surface area contributed by atoms with E-state index >= 15 is 0 Å². The van der Waals surface area contributed by atoms with Gasteiger partial charge in [-0.1, -0.05) is 19.9 Å². The molecule has 12 heteroatoms. The minimum Gasteiger partial charge on any atom is -0.368 e.